The highest BCUT2D eigenvalue weighted by atomic mass is 16.7. The monoisotopic (exact) mass is 985 g/mol. The van der Waals surface area contributed by atoms with E-state index >= 15 is 0 Å². The first kappa shape index (κ1) is 62.4. The Balaban J connectivity index is 2.48. The Morgan fingerprint density at radius 2 is 0.870 bits per heavy atom. The van der Waals surface area contributed by atoms with E-state index in [2.05, 4.69) is 10.6 Å². The topological polar surface area (TPSA) is 252 Å². The van der Waals surface area contributed by atoms with Gasteiger partial charge in [-0.1, -0.05) is 83.5 Å². The molecule has 69 heavy (non-hydrogen) atoms. The van der Waals surface area contributed by atoms with Crippen molar-refractivity contribution < 1.29 is 81.0 Å². The highest BCUT2D eigenvalue weighted by Gasteiger charge is 2.53. The molecule has 1 aliphatic rings. The quantitative estimate of drug-likeness (QED) is 0.0371. The van der Waals surface area contributed by atoms with Gasteiger partial charge in [-0.05, 0) is 45.4 Å². The van der Waals surface area contributed by atoms with Crippen molar-refractivity contribution in [3.05, 3.63) is 0 Å². The molecule has 1 saturated heterocycles. The van der Waals surface area contributed by atoms with Crippen LogP contribution >= 0.6 is 0 Å². The van der Waals surface area contributed by atoms with Crippen LogP contribution in [0.3, 0.4) is 0 Å². The van der Waals surface area contributed by atoms with Crippen molar-refractivity contribution in [2.45, 2.75) is 252 Å². The van der Waals surface area contributed by atoms with Crippen LogP contribution < -0.4 is 10.6 Å². The minimum absolute atomic E-state index is 0.152. The van der Waals surface area contributed by atoms with Gasteiger partial charge in [-0.25, -0.2) is 0 Å². The third-order valence-electron chi connectivity index (χ3n) is 11.5. The summed E-state index contributed by atoms with van der Waals surface area (Å²) >= 11 is 0. The molecule has 2 N–H and O–H groups in total. The molecule has 0 radical (unpaired) electrons. The molecule has 0 spiro atoms. The first-order chi connectivity index (χ1) is 32.7. The Morgan fingerprint density at radius 3 is 1.30 bits per heavy atom. The maximum absolute atomic E-state index is 12.4. The molecule has 1 heterocycles. The first-order valence-corrected chi connectivity index (χ1v) is 25.0. The summed E-state index contributed by atoms with van der Waals surface area (Å²) in [5, 5.41) is 5.58. The average Bonchev–Trinajstić information content (AvgIpc) is 3.23. The summed E-state index contributed by atoms with van der Waals surface area (Å²) in [4.78, 5) is 108. The Kier molecular flexibility index (Phi) is 32.8. The predicted octanol–water partition coefficient (Wildman–Crippen LogP) is 6.74. The van der Waals surface area contributed by atoms with Gasteiger partial charge in [0.15, 0.2) is 24.6 Å². The number of carbonyl (C=O) groups is 9. The standard InChI is InChI=1S/C50H84N2O17/c1-33(51-34(2)53)44(64-37(5)56)29-25-22-18-20-24-28-42(61)27-23-19-16-14-12-10-11-13-15-17-21-26-30-45(65-38(6)57)43(52-35(3)54)31-63-50-49(68-41(9)60)48(67-40(8)59)47(66-39(7)58)46(69-50)32-62-36(4)55/h33,43-50H,10-32H2,1-9H3,(H,51,53)(H,52,54)/t33-,43-,44-,45+,46+,47+,48-,49+,50+/m0/s1. The summed E-state index contributed by atoms with van der Waals surface area (Å²) in [5.74, 6) is -4.19. The van der Waals surface area contributed by atoms with Gasteiger partial charge in [0.2, 0.25) is 11.8 Å². The van der Waals surface area contributed by atoms with Gasteiger partial charge < -0.3 is 48.5 Å². The smallest absolute Gasteiger partial charge is 0.303 e. The fourth-order valence-corrected chi connectivity index (χ4v) is 8.38. The van der Waals surface area contributed by atoms with E-state index in [1.54, 1.807) is 0 Å². The predicted molar refractivity (Wildman–Crippen MR) is 252 cm³/mol. The molecule has 2 amide bonds. The van der Waals surface area contributed by atoms with Crippen molar-refractivity contribution in [2.75, 3.05) is 13.2 Å². The largest absolute Gasteiger partial charge is 0.463 e. The normalized spacial score (nSPS) is 19.4. The highest BCUT2D eigenvalue weighted by molar-refractivity contribution is 5.78. The van der Waals surface area contributed by atoms with E-state index in [0.717, 1.165) is 130 Å². The molecule has 1 rings (SSSR count). The second-order valence-corrected chi connectivity index (χ2v) is 18.1. The van der Waals surface area contributed by atoms with Gasteiger partial charge in [-0.15, -0.1) is 0 Å². The number of hydrogen-bond donors (Lipinski definition) is 2. The molecule has 0 aromatic carbocycles. The molecule has 0 saturated carbocycles. The Bertz CT molecular complexity index is 1590. The third kappa shape index (κ3) is 30.5. The Labute approximate surface area is 409 Å². The van der Waals surface area contributed by atoms with E-state index < -0.39 is 85.2 Å². The number of ether oxygens (including phenoxy) is 8. The van der Waals surface area contributed by atoms with Gasteiger partial charge in [0, 0.05) is 68.2 Å². The summed E-state index contributed by atoms with van der Waals surface area (Å²) in [6.07, 6.45) is 11.5. The number of esters is 6. The molecular weight excluding hydrogens is 901 g/mol. The lowest BCUT2D eigenvalue weighted by Gasteiger charge is -2.44. The van der Waals surface area contributed by atoms with Crippen molar-refractivity contribution in [3.63, 3.8) is 0 Å². The zero-order chi connectivity index (χ0) is 51.7. The van der Waals surface area contributed by atoms with Crippen LogP contribution in [0.15, 0.2) is 0 Å². The average molecular weight is 985 g/mol. The summed E-state index contributed by atoms with van der Waals surface area (Å²) in [7, 11) is 0. The van der Waals surface area contributed by atoms with Gasteiger partial charge in [-0.3, -0.25) is 43.2 Å². The molecule has 0 bridgehead atoms. The van der Waals surface area contributed by atoms with Crippen molar-refractivity contribution in [2.24, 2.45) is 0 Å². The third-order valence-corrected chi connectivity index (χ3v) is 11.5. The van der Waals surface area contributed by atoms with Crippen LogP contribution in [-0.4, -0.2) is 122 Å². The number of rotatable bonds is 37. The second kappa shape index (κ2) is 36.3. The Morgan fingerprint density at radius 1 is 0.464 bits per heavy atom. The molecule has 1 aliphatic heterocycles. The molecule has 19 heteroatoms. The van der Waals surface area contributed by atoms with Crippen LogP contribution in [0.5, 0.6) is 0 Å². The van der Waals surface area contributed by atoms with Gasteiger partial charge in [-0.2, -0.15) is 0 Å². The highest BCUT2D eigenvalue weighted by Crippen LogP contribution is 2.30. The van der Waals surface area contributed by atoms with E-state index in [4.69, 9.17) is 37.9 Å². The van der Waals surface area contributed by atoms with Crippen LogP contribution in [-0.2, 0) is 81.0 Å². The van der Waals surface area contributed by atoms with E-state index in [-0.39, 0.29) is 30.6 Å². The van der Waals surface area contributed by atoms with Crippen LogP contribution in [0.25, 0.3) is 0 Å². The SMILES string of the molecule is CC(=O)N[C@@H](C)[C@H](CCCCCCCC(=O)CCCCCCCCCCCCCC[C@@H](OC(C)=O)[C@H](CO[C@@H]1O[C@H](COC(C)=O)[C@@H](OC(C)=O)[C@H](OC(C)=O)[C@H]1OC(C)=O)NC(C)=O)OC(C)=O. The van der Waals surface area contributed by atoms with Crippen molar-refractivity contribution in [3.8, 4) is 0 Å². The molecule has 19 nitrogen and oxygen atoms in total. The van der Waals surface area contributed by atoms with E-state index in [1.807, 2.05) is 6.92 Å². The number of amides is 2. The maximum Gasteiger partial charge on any atom is 0.303 e. The number of nitrogens with one attached hydrogen (secondary N) is 2. The van der Waals surface area contributed by atoms with E-state index in [1.165, 1.54) is 27.7 Å². The number of ketones is 1. The van der Waals surface area contributed by atoms with Crippen molar-refractivity contribution >= 4 is 53.4 Å². The summed E-state index contributed by atoms with van der Waals surface area (Å²) in [6.45, 7) is 11.0. The number of hydrogen-bond acceptors (Lipinski definition) is 17. The summed E-state index contributed by atoms with van der Waals surface area (Å²) in [6, 6.07) is -1.11. The molecule has 0 aromatic heterocycles. The number of Topliss-reactive ketones (excluding diaryl/α,β-unsaturated/α-hetero) is 1. The van der Waals surface area contributed by atoms with Gasteiger partial charge >= 0.3 is 35.8 Å². The minimum Gasteiger partial charge on any atom is -0.463 e. The molecule has 0 unspecified atom stereocenters. The molecule has 0 aromatic rings. The molecule has 1 fully saturated rings. The fourth-order valence-electron chi connectivity index (χ4n) is 8.38. The summed E-state index contributed by atoms with van der Waals surface area (Å²) in [5.41, 5.74) is 0. The van der Waals surface area contributed by atoms with Crippen LogP contribution in [0, 0.1) is 0 Å². The Hall–Kier alpha value is -4.65. The molecule has 396 valence electrons. The second-order valence-electron chi connectivity index (χ2n) is 18.1. The summed E-state index contributed by atoms with van der Waals surface area (Å²) < 4.78 is 44.7. The van der Waals surface area contributed by atoms with Gasteiger partial charge in [0.25, 0.3) is 0 Å². The fraction of sp³-hybridized carbons (Fsp3) is 0.820. The lowest BCUT2D eigenvalue weighted by Crippen LogP contribution is -2.63. The zero-order valence-electron chi connectivity index (χ0n) is 42.9. The first-order valence-electron chi connectivity index (χ1n) is 25.0. The number of carbonyl (C=O) groups excluding carboxylic acids is 9. The zero-order valence-corrected chi connectivity index (χ0v) is 42.9. The number of unbranched alkanes of at least 4 members (excludes halogenated alkanes) is 15. The minimum atomic E-state index is -1.48. The van der Waals surface area contributed by atoms with Gasteiger partial charge in [0.1, 0.15) is 30.7 Å². The van der Waals surface area contributed by atoms with Gasteiger partial charge in [0.05, 0.1) is 18.7 Å². The maximum atomic E-state index is 12.4. The molecular formula is C50H84N2O17. The lowest BCUT2D eigenvalue weighted by molar-refractivity contribution is -0.309. The van der Waals surface area contributed by atoms with Crippen LogP contribution in [0.4, 0.5) is 0 Å². The van der Waals surface area contributed by atoms with Crippen LogP contribution in [0.1, 0.15) is 197 Å². The molecule has 9 atom stereocenters. The molecule has 0 aliphatic carbocycles. The van der Waals surface area contributed by atoms with Crippen molar-refractivity contribution in [1.82, 2.24) is 10.6 Å². The van der Waals surface area contributed by atoms with E-state index in [0.29, 0.717) is 37.9 Å². The van der Waals surface area contributed by atoms with Crippen molar-refractivity contribution in [1.29, 1.82) is 0 Å². The van der Waals surface area contributed by atoms with E-state index in [9.17, 15) is 43.2 Å². The van der Waals surface area contributed by atoms with Crippen LogP contribution in [0.2, 0.25) is 0 Å². The lowest BCUT2D eigenvalue weighted by atomic mass is 9.98.